The molecule has 0 fully saturated rings. The van der Waals surface area contributed by atoms with Gasteiger partial charge in [0.1, 0.15) is 0 Å². The molecule has 5 heteroatoms. The summed E-state index contributed by atoms with van der Waals surface area (Å²) >= 11 is 0. The number of fused-ring (bicyclic) bond motifs is 1. The molecule has 84 valence electrons. The molecule has 0 amide bonds. The van der Waals surface area contributed by atoms with Crippen molar-refractivity contribution >= 4 is 11.6 Å². The lowest BCUT2D eigenvalue weighted by atomic mass is 10.1. The van der Waals surface area contributed by atoms with Crippen LogP contribution in [0.15, 0.2) is 18.5 Å². The van der Waals surface area contributed by atoms with Crippen molar-refractivity contribution in [2.24, 2.45) is 0 Å². The first-order valence-electron chi connectivity index (χ1n) is 5.19. The van der Waals surface area contributed by atoms with E-state index in [1.54, 1.807) is 23.8 Å². The van der Waals surface area contributed by atoms with E-state index >= 15 is 0 Å². The standard InChI is InChI=1S/C11H13N3O2/c1-3-9-4-10-12-5-8(6-14(10)13-9)7(2)11(15)16/h4-7H,3H2,1-2H3,(H,15,16). The van der Waals surface area contributed by atoms with Gasteiger partial charge in [0.15, 0.2) is 5.65 Å². The molecule has 0 aliphatic heterocycles. The van der Waals surface area contributed by atoms with Crippen molar-refractivity contribution in [3.8, 4) is 0 Å². The summed E-state index contributed by atoms with van der Waals surface area (Å²) in [6, 6.07) is 1.90. The Morgan fingerprint density at radius 2 is 2.38 bits per heavy atom. The van der Waals surface area contributed by atoms with Crippen molar-refractivity contribution in [2.75, 3.05) is 0 Å². The third-order valence-electron chi connectivity index (χ3n) is 2.62. The summed E-state index contributed by atoms with van der Waals surface area (Å²) in [4.78, 5) is 15.0. The number of carboxylic acid groups (broad SMARTS) is 1. The van der Waals surface area contributed by atoms with Crippen molar-refractivity contribution in [1.82, 2.24) is 14.6 Å². The molecule has 2 heterocycles. The van der Waals surface area contributed by atoms with Crippen LogP contribution in [0.5, 0.6) is 0 Å². The summed E-state index contributed by atoms with van der Waals surface area (Å²) in [5.41, 5.74) is 2.36. The van der Waals surface area contributed by atoms with Crippen molar-refractivity contribution in [3.63, 3.8) is 0 Å². The Bertz CT molecular complexity index is 533. The van der Waals surface area contributed by atoms with Gasteiger partial charge in [0, 0.05) is 24.0 Å². The smallest absolute Gasteiger partial charge is 0.310 e. The number of hydrogen-bond acceptors (Lipinski definition) is 3. The van der Waals surface area contributed by atoms with Gasteiger partial charge in [-0.25, -0.2) is 9.50 Å². The monoisotopic (exact) mass is 219 g/mol. The minimum Gasteiger partial charge on any atom is -0.481 e. The van der Waals surface area contributed by atoms with Crippen molar-refractivity contribution in [2.45, 2.75) is 26.2 Å². The van der Waals surface area contributed by atoms with Crippen LogP contribution in [0.2, 0.25) is 0 Å². The van der Waals surface area contributed by atoms with E-state index in [1.165, 1.54) is 0 Å². The molecule has 0 bridgehead atoms. The molecule has 1 atom stereocenters. The van der Waals surface area contributed by atoms with Crippen molar-refractivity contribution < 1.29 is 9.90 Å². The van der Waals surface area contributed by atoms with Crippen LogP contribution in [0, 0.1) is 0 Å². The van der Waals surface area contributed by atoms with E-state index in [1.807, 2.05) is 13.0 Å². The lowest BCUT2D eigenvalue weighted by Gasteiger charge is -2.05. The molecular weight excluding hydrogens is 206 g/mol. The highest BCUT2D eigenvalue weighted by Crippen LogP contribution is 2.15. The Morgan fingerprint density at radius 3 is 3.00 bits per heavy atom. The average Bonchev–Trinajstić information content (AvgIpc) is 2.69. The van der Waals surface area contributed by atoms with Gasteiger partial charge in [-0.1, -0.05) is 6.92 Å². The Hall–Kier alpha value is -1.91. The lowest BCUT2D eigenvalue weighted by Crippen LogP contribution is -2.09. The van der Waals surface area contributed by atoms with Gasteiger partial charge in [0.05, 0.1) is 11.6 Å². The zero-order chi connectivity index (χ0) is 11.7. The Morgan fingerprint density at radius 1 is 1.62 bits per heavy atom. The normalized spacial score (nSPS) is 12.9. The van der Waals surface area contributed by atoms with Gasteiger partial charge >= 0.3 is 5.97 Å². The van der Waals surface area contributed by atoms with Crippen LogP contribution in [0.3, 0.4) is 0 Å². The summed E-state index contributed by atoms with van der Waals surface area (Å²) in [5, 5.41) is 13.2. The summed E-state index contributed by atoms with van der Waals surface area (Å²) in [5.74, 6) is -1.42. The Kier molecular flexibility index (Phi) is 2.60. The average molecular weight is 219 g/mol. The van der Waals surface area contributed by atoms with Crippen molar-refractivity contribution in [3.05, 3.63) is 29.7 Å². The number of hydrogen-bond donors (Lipinski definition) is 1. The molecule has 16 heavy (non-hydrogen) atoms. The number of aryl methyl sites for hydroxylation is 1. The quantitative estimate of drug-likeness (QED) is 0.849. The molecule has 1 N–H and O–H groups in total. The van der Waals surface area contributed by atoms with Gasteiger partial charge in [-0.3, -0.25) is 4.79 Å². The summed E-state index contributed by atoms with van der Waals surface area (Å²) in [6.07, 6.45) is 4.16. The second kappa shape index (κ2) is 3.92. The van der Waals surface area contributed by atoms with Crippen LogP contribution in [0.4, 0.5) is 0 Å². The lowest BCUT2D eigenvalue weighted by molar-refractivity contribution is -0.138. The van der Waals surface area contributed by atoms with E-state index in [0.717, 1.165) is 17.8 Å². The molecule has 5 nitrogen and oxygen atoms in total. The maximum atomic E-state index is 10.8. The fourth-order valence-corrected chi connectivity index (χ4v) is 1.48. The van der Waals surface area contributed by atoms with Crippen LogP contribution in [-0.4, -0.2) is 25.7 Å². The summed E-state index contributed by atoms with van der Waals surface area (Å²) in [7, 11) is 0. The molecule has 0 aromatic carbocycles. The molecule has 0 spiro atoms. The molecule has 2 aromatic heterocycles. The van der Waals surface area contributed by atoms with Crippen LogP contribution in [0.25, 0.3) is 5.65 Å². The fourth-order valence-electron chi connectivity index (χ4n) is 1.48. The SMILES string of the molecule is CCc1cc2ncc(C(C)C(=O)O)cn2n1. The molecule has 0 saturated heterocycles. The molecule has 0 aliphatic rings. The van der Waals surface area contributed by atoms with Gasteiger partial charge in [-0.15, -0.1) is 0 Å². The van der Waals surface area contributed by atoms with Gasteiger partial charge < -0.3 is 5.11 Å². The van der Waals surface area contributed by atoms with Crippen LogP contribution in [-0.2, 0) is 11.2 Å². The fraction of sp³-hybridized carbons (Fsp3) is 0.364. The number of aromatic nitrogens is 3. The predicted octanol–water partition coefficient (Wildman–Crippen LogP) is 1.48. The van der Waals surface area contributed by atoms with Crippen LogP contribution >= 0.6 is 0 Å². The van der Waals surface area contributed by atoms with E-state index in [4.69, 9.17) is 5.11 Å². The Labute approximate surface area is 92.7 Å². The van der Waals surface area contributed by atoms with E-state index in [-0.39, 0.29) is 0 Å². The van der Waals surface area contributed by atoms with Gasteiger partial charge in [0.25, 0.3) is 0 Å². The molecular formula is C11H13N3O2. The van der Waals surface area contributed by atoms with Gasteiger partial charge in [0.2, 0.25) is 0 Å². The highest BCUT2D eigenvalue weighted by molar-refractivity contribution is 5.75. The van der Waals surface area contributed by atoms with Crippen molar-refractivity contribution in [1.29, 1.82) is 0 Å². The molecule has 0 aliphatic carbocycles. The van der Waals surface area contributed by atoms with E-state index in [0.29, 0.717) is 5.56 Å². The Balaban J connectivity index is 2.46. The van der Waals surface area contributed by atoms with Gasteiger partial charge in [-0.05, 0) is 13.3 Å². The number of nitrogens with zero attached hydrogens (tertiary/aromatic N) is 3. The third kappa shape index (κ3) is 1.76. The van der Waals surface area contributed by atoms with E-state index in [9.17, 15) is 4.79 Å². The second-order valence-corrected chi connectivity index (χ2v) is 3.74. The van der Waals surface area contributed by atoms with Crippen LogP contribution in [0.1, 0.15) is 31.0 Å². The number of aliphatic carboxylic acids is 1. The number of carbonyl (C=O) groups is 1. The zero-order valence-corrected chi connectivity index (χ0v) is 9.21. The first kappa shape index (κ1) is 10.6. The summed E-state index contributed by atoms with van der Waals surface area (Å²) in [6.45, 7) is 3.65. The molecule has 0 saturated carbocycles. The van der Waals surface area contributed by atoms with E-state index < -0.39 is 11.9 Å². The van der Waals surface area contributed by atoms with E-state index in [2.05, 4.69) is 10.1 Å². The minimum atomic E-state index is -0.857. The third-order valence-corrected chi connectivity index (χ3v) is 2.62. The first-order chi connectivity index (χ1) is 7.61. The molecule has 1 unspecified atom stereocenters. The highest BCUT2D eigenvalue weighted by atomic mass is 16.4. The largest absolute Gasteiger partial charge is 0.481 e. The second-order valence-electron chi connectivity index (χ2n) is 3.74. The summed E-state index contributed by atoms with van der Waals surface area (Å²) < 4.78 is 1.63. The molecule has 0 radical (unpaired) electrons. The van der Waals surface area contributed by atoms with Gasteiger partial charge in [-0.2, -0.15) is 5.10 Å². The highest BCUT2D eigenvalue weighted by Gasteiger charge is 2.15. The maximum Gasteiger partial charge on any atom is 0.310 e. The number of carboxylic acids is 1. The van der Waals surface area contributed by atoms with Crippen LogP contribution < -0.4 is 0 Å². The maximum absolute atomic E-state index is 10.8. The topological polar surface area (TPSA) is 67.5 Å². The molecule has 2 aromatic rings. The first-order valence-corrected chi connectivity index (χ1v) is 5.19. The number of rotatable bonds is 3. The minimum absolute atomic E-state index is 0.564. The zero-order valence-electron chi connectivity index (χ0n) is 9.21. The molecule has 2 rings (SSSR count). The predicted molar refractivity (Wildman–Crippen MR) is 58.4 cm³/mol.